The van der Waals surface area contributed by atoms with Gasteiger partial charge in [-0.15, -0.1) is 62.5 Å². The molecule has 0 N–H and O–H groups in total. The fourth-order valence-electron chi connectivity index (χ4n) is 5.48. The van der Waals surface area contributed by atoms with Crippen molar-refractivity contribution >= 4 is 28.4 Å². The Kier molecular flexibility index (Phi) is 13.0. The third-order valence-corrected chi connectivity index (χ3v) is 7.79. The molecule has 6 aromatic carbocycles. The van der Waals surface area contributed by atoms with E-state index in [4.69, 9.17) is 0 Å². The van der Waals surface area contributed by atoms with Gasteiger partial charge in [0.15, 0.2) is 0 Å². The molecule has 0 aliphatic heterocycles. The quantitative estimate of drug-likeness (QED) is 0.135. The summed E-state index contributed by atoms with van der Waals surface area (Å²) in [5.74, 6) is 0.584. The van der Waals surface area contributed by atoms with Gasteiger partial charge in [0.1, 0.15) is 0 Å². The molecular formula is C39H42SiZr-4. The van der Waals surface area contributed by atoms with Crippen LogP contribution < -0.4 is 0 Å². The van der Waals surface area contributed by atoms with Gasteiger partial charge in [-0.25, -0.2) is 0 Å². The van der Waals surface area contributed by atoms with Gasteiger partial charge in [0.2, 0.25) is 0 Å². The zero-order valence-electron chi connectivity index (χ0n) is 25.9. The first-order chi connectivity index (χ1) is 18.8. The summed E-state index contributed by atoms with van der Waals surface area (Å²) in [5, 5.41) is 5.51. The summed E-state index contributed by atoms with van der Waals surface area (Å²) >= 11 is 1.36. The normalized spacial score (nSPS) is 10.2. The topological polar surface area (TPSA) is 0 Å². The van der Waals surface area contributed by atoms with Gasteiger partial charge >= 0.3 is 30.2 Å². The fraction of sp³-hybridized carbons (Fsp3) is 0.179. The summed E-state index contributed by atoms with van der Waals surface area (Å²) in [6, 6.07) is 37.2. The van der Waals surface area contributed by atoms with Gasteiger partial charge in [0.25, 0.3) is 0 Å². The molecule has 0 saturated heterocycles. The molecule has 0 aromatic heterocycles. The van der Waals surface area contributed by atoms with Crippen LogP contribution in [-0.2, 0) is 23.3 Å². The Morgan fingerprint density at radius 2 is 1.20 bits per heavy atom. The zero-order valence-corrected chi connectivity index (χ0v) is 29.4. The Morgan fingerprint density at radius 3 is 1.78 bits per heavy atom. The molecule has 0 aliphatic rings. The predicted octanol–water partition coefficient (Wildman–Crippen LogP) is 11.3. The van der Waals surface area contributed by atoms with Crippen LogP contribution in [0.5, 0.6) is 0 Å². The van der Waals surface area contributed by atoms with Gasteiger partial charge < -0.3 is 14.9 Å². The zero-order chi connectivity index (χ0) is 28.1. The van der Waals surface area contributed by atoms with Crippen molar-refractivity contribution in [2.45, 2.75) is 47.5 Å². The molecule has 41 heavy (non-hydrogen) atoms. The van der Waals surface area contributed by atoms with Crippen LogP contribution in [0.2, 0.25) is 0 Å². The van der Waals surface area contributed by atoms with E-state index in [-0.39, 0.29) is 14.9 Å². The van der Waals surface area contributed by atoms with E-state index in [1.54, 1.807) is 0 Å². The van der Waals surface area contributed by atoms with Gasteiger partial charge in [-0.1, -0.05) is 117 Å². The maximum absolute atomic E-state index is 3.06. The van der Waals surface area contributed by atoms with Crippen LogP contribution in [0, 0.1) is 42.5 Å². The van der Waals surface area contributed by atoms with E-state index in [1.807, 2.05) is 0 Å². The van der Waals surface area contributed by atoms with Crippen molar-refractivity contribution in [2.75, 3.05) is 0 Å². The molecule has 0 nitrogen and oxygen atoms in total. The Labute approximate surface area is 265 Å². The van der Waals surface area contributed by atoms with E-state index in [9.17, 15) is 0 Å². The van der Waals surface area contributed by atoms with E-state index in [2.05, 4.69) is 152 Å². The molecule has 0 aliphatic carbocycles. The second kappa shape index (κ2) is 15.4. The first-order valence-electron chi connectivity index (χ1n) is 13.6. The van der Waals surface area contributed by atoms with Crippen molar-refractivity contribution in [3.05, 3.63) is 146 Å². The molecule has 0 unspecified atom stereocenters. The third-order valence-electron chi connectivity index (χ3n) is 7.79. The van der Waals surface area contributed by atoms with Gasteiger partial charge in [-0.3, -0.25) is 0 Å². The van der Waals surface area contributed by atoms with Gasteiger partial charge in [0, 0.05) is 0 Å². The van der Waals surface area contributed by atoms with Crippen LogP contribution in [0.25, 0.3) is 43.8 Å². The minimum absolute atomic E-state index is 0. The van der Waals surface area contributed by atoms with Crippen LogP contribution in [0.4, 0.5) is 0 Å². The molecule has 6 aromatic rings. The molecule has 2 heteroatoms. The first kappa shape index (κ1) is 34.4. The Bertz CT molecular complexity index is 1680. The number of hydrogen-bond donors (Lipinski definition) is 0. The summed E-state index contributed by atoms with van der Waals surface area (Å²) in [6.07, 6.45) is 0. The average Bonchev–Trinajstić information content (AvgIpc) is 3.58. The number of benzene rings is 4. The predicted molar refractivity (Wildman–Crippen MR) is 182 cm³/mol. The molecule has 0 atom stereocenters. The van der Waals surface area contributed by atoms with Gasteiger partial charge in [0.05, 0.1) is 0 Å². The van der Waals surface area contributed by atoms with Crippen molar-refractivity contribution in [3.63, 3.8) is 0 Å². The van der Waals surface area contributed by atoms with Crippen molar-refractivity contribution in [1.29, 1.82) is 0 Å². The first-order valence-corrected chi connectivity index (χ1v) is 17.8. The molecule has 2 radical (unpaired) electrons. The SMILES string of the molecule is CC(C)c1cc2c(-c3ccccc3)cccc2[cH-]1.Cc1cc2c(-c3ccccc3)c(C)c(C)c(C)c2[cH-]1.[CH3-].[CH3-].[Si]=[Zr]. The van der Waals surface area contributed by atoms with Gasteiger partial charge in [-0.2, -0.15) is 12.1 Å². The standard InChI is InChI=1S/C19H19.C18H17.2CH3.Si.Zr/c1-12-10-17-14(3)13(2)15(4)19(18(17)11-12)16-8-6-5-7-9-16;1-13(2)16-11-15-9-6-10-17(18(15)12-16)14-7-4-3-5-8-14;;;;/h5-11H,1-4H3;3-13H,1-2H3;2*1H3;;/q4*-1;;. The van der Waals surface area contributed by atoms with E-state index in [0.29, 0.717) is 5.92 Å². The van der Waals surface area contributed by atoms with Crippen molar-refractivity contribution in [1.82, 2.24) is 0 Å². The van der Waals surface area contributed by atoms with Crippen LogP contribution in [0.15, 0.2) is 103 Å². The Hall–Kier alpha value is -2.80. The van der Waals surface area contributed by atoms with E-state index >= 15 is 0 Å². The molecular weight excluding hydrogens is 588 g/mol. The maximum atomic E-state index is 3.06. The van der Waals surface area contributed by atoms with Crippen LogP contribution in [0.3, 0.4) is 0 Å². The van der Waals surface area contributed by atoms with Crippen LogP contribution >= 0.6 is 0 Å². The summed E-state index contributed by atoms with van der Waals surface area (Å²) in [6.45, 7) is 16.4. The summed E-state index contributed by atoms with van der Waals surface area (Å²) in [5.41, 5.74) is 12.3. The summed E-state index contributed by atoms with van der Waals surface area (Å²) in [7, 11) is 0. The molecule has 0 saturated carbocycles. The van der Waals surface area contributed by atoms with Crippen LogP contribution in [-0.4, -0.2) is 6.88 Å². The molecule has 0 heterocycles. The summed E-state index contributed by atoms with van der Waals surface area (Å²) in [4.78, 5) is 0. The average molecular weight is 630 g/mol. The van der Waals surface area contributed by atoms with E-state index < -0.39 is 0 Å². The fourth-order valence-corrected chi connectivity index (χ4v) is 5.48. The second-order valence-corrected chi connectivity index (χ2v) is 10.6. The Morgan fingerprint density at radius 1 is 0.610 bits per heavy atom. The van der Waals surface area contributed by atoms with E-state index in [1.165, 1.54) is 95.0 Å². The van der Waals surface area contributed by atoms with Crippen molar-refractivity contribution in [3.8, 4) is 22.3 Å². The third kappa shape index (κ3) is 7.35. The number of rotatable bonds is 3. The molecule has 6 rings (SSSR count). The Balaban J connectivity index is 0.000000259. The molecule has 0 fully saturated rings. The number of hydrogen-bond acceptors (Lipinski definition) is 0. The summed E-state index contributed by atoms with van der Waals surface area (Å²) < 4.78 is 0. The molecule has 210 valence electrons. The number of aryl methyl sites for hydroxylation is 2. The van der Waals surface area contributed by atoms with Crippen LogP contribution in [0.1, 0.15) is 47.6 Å². The molecule has 0 spiro atoms. The monoisotopic (exact) mass is 628 g/mol. The minimum atomic E-state index is 0. The van der Waals surface area contributed by atoms with Gasteiger partial charge in [-0.05, 0) is 30.9 Å². The molecule has 0 bridgehead atoms. The van der Waals surface area contributed by atoms with E-state index in [0.717, 1.165) is 0 Å². The van der Waals surface area contributed by atoms with Crippen molar-refractivity contribution in [2.24, 2.45) is 0 Å². The molecule has 0 amide bonds. The van der Waals surface area contributed by atoms with Crippen molar-refractivity contribution < 1.29 is 23.3 Å². The second-order valence-electron chi connectivity index (χ2n) is 10.6. The number of fused-ring (bicyclic) bond motifs is 2.